The highest BCUT2D eigenvalue weighted by molar-refractivity contribution is 5.93. The van der Waals surface area contributed by atoms with E-state index in [4.69, 9.17) is 15.9 Å². The van der Waals surface area contributed by atoms with Crippen LogP contribution < -0.4 is 10.6 Å². The Balaban J connectivity index is 3.31. The Labute approximate surface area is 214 Å². The zero-order chi connectivity index (χ0) is 27.5. The number of esters is 1. The van der Waals surface area contributed by atoms with Crippen LogP contribution >= 0.6 is 0 Å². The molecular weight excluding hydrogens is 462 g/mol. The molecule has 0 spiro atoms. The summed E-state index contributed by atoms with van der Waals surface area (Å²) in [5.74, 6) is -1.93. The van der Waals surface area contributed by atoms with Crippen LogP contribution in [0.3, 0.4) is 0 Å². The quantitative estimate of drug-likeness (QED) is 0.273. The number of nitrogens with one attached hydrogen (secondary N) is 2. The van der Waals surface area contributed by atoms with Crippen LogP contribution in [-0.2, 0) is 23.9 Å². The van der Waals surface area contributed by atoms with Gasteiger partial charge < -0.3 is 20.1 Å². The Bertz CT molecular complexity index is 963. The van der Waals surface area contributed by atoms with Gasteiger partial charge in [-0.3, -0.25) is 19.3 Å². The molecule has 0 fully saturated rings. The van der Waals surface area contributed by atoms with Crippen LogP contribution in [0, 0.1) is 25.3 Å². The fourth-order valence-corrected chi connectivity index (χ4v) is 3.41. The standard InChI is InChI=1S/C27H39N3O6/c1-9-19(5)22(29-26(34)36-27(6,7)8)25(33)30(10-2)23(20-14-12-13-18(4)17-20)24(32)28-16-15-21(31)35-11-3/h2,12-14,17,19,22-23H,9,11,15-16H2,1,3-8H3,(H,28,32)(H,29,34). The van der Waals surface area contributed by atoms with Gasteiger partial charge in [0.25, 0.3) is 5.91 Å². The molecule has 1 rings (SSSR count). The van der Waals surface area contributed by atoms with Crippen LogP contribution in [0.4, 0.5) is 4.79 Å². The van der Waals surface area contributed by atoms with Gasteiger partial charge in [-0.25, -0.2) is 4.79 Å². The highest BCUT2D eigenvalue weighted by Crippen LogP contribution is 2.24. The first-order valence-electron chi connectivity index (χ1n) is 12.1. The summed E-state index contributed by atoms with van der Waals surface area (Å²) in [7, 11) is 0. The van der Waals surface area contributed by atoms with Crippen LogP contribution in [0.25, 0.3) is 0 Å². The van der Waals surface area contributed by atoms with E-state index < -0.39 is 41.6 Å². The Morgan fingerprint density at radius 1 is 1.17 bits per heavy atom. The second kappa shape index (κ2) is 14.1. The maximum atomic E-state index is 13.7. The number of ether oxygens (including phenoxy) is 2. The molecule has 3 unspecified atom stereocenters. The molecule has 9 nitrogen and oxygen atoms in total. The molecule has 0 aliphatic rings. The number of rotatable bonds is 11. The zero-order valence-corrected chi connectivity index (χ0v) is 22.3. The van der Waals surface area contributed by atoms with Gasteiger partial charge in [-0.05, 0) is 46.1 Å². The smallest absolute Gasteiger partial charge is 0.408 e. The van der Waals surface area contributed by atoms with E-state index in [1.54, 1.807) is 52.8 Å². The minimum atomic E-state index is -1.18. The van der Waals surface area contributed by atoms with Gasteiger partial charge in [0, 0.05) is 12.6 Å². The number of amides is 3. The van der Waals surface area contributed by atoms with E-state index in [9.17, 15) is 19.2 Å². The second-order valence-electron chi connectivity index (χ2n) is 9.51. The molecule has 1 aromatic rings. The predicted molar refractivity (Wildman–Crippen MR) is 136 cm³/mol. The first-order valence-corrected chi connectivity index (χ1v) is 12.1. The van der Waals surface area contributed by atoms with Gasteiger partial charge in [-0.2, -0.15) is 0 Å². The summed E-state index contributed by atoms with van der Waals surface area (Å²) in [5, 5.41) is 5.30. The molecule has 0 aliphatic heterocycles. The monoisotopic (exact) mass is 501 g/mol. The van der Waals surface area contributed by atoms with Crippen molar-refractivity contribution in [3.63, 3.8) is 0 Å². The highest BCUT2D eigenvalue weighted by Gasteiger charge is 2.37. The van der Waals surface area contributed by atoms with E-state index in [1.165, 1.54) is 0 Å². The minimum Gasteiger partial charge on any atom is -0.466 e. The molecular formula is C27H39N3O6. The van der Waals surface area contributed by atoms with E-state index in [0.29, 0.717) is 12.0 Å². The normalized spacial score (nSPS) is 13.4. The molecule has 0 aliphatic carbocycles. The fourth-order valence-electron chi connectivity index (χ4n) is 3.41. The number of nitrogens with zero attached hydrogens (tertiary/aromatic N) is 1. The van der Waals surface area contributed by atoms with Gasteiger partial charge in [-0.1, -0.05) is 56.5 Å². The van der Waals surface area contributed by atoms with Crippen LogP contribution in [0.15, 0.2) is 24.3 Å². The van der Waals surface area contributed by atoms with Crippen LogP contribution in [0.2, 0.25) is 0 Å². The third kappa shape index (κ3) is 9.61. The third-order valence-electron chi connectivity index (χ3n) is 5.33. The summed E-state index contributed by atoms with van der Waals surface area (Å²) in [6.07, 6.45) is 5.55. The molecule has 0 heterocycles. The molecule has 0 saturated carbocycles. The van der Waals surface area contributed by atoms with Crippen molar-refractivity contribution >= 4 is 23.9 Å². The maximum absolute atomic E-state index is 13.7. The molecule has 0 radical (unpaired) electrons. The fraction of sp³-hybridized carbons (Fsp3) is 0.556. The summed E-state index contributed by atoms with van der Waals surface area (Å²) < 4.78 is 10.2. The number of aryl methyl sites for hydroxylation is 1. The Morgan fingerprint density at radius 2 is 1.83 bits per heavy atom. The average Bonchev–Trinajstić information content (AvgIpc) is 2.78. The lowest BCUT2D eigenvalue weighted by molar-refractivity contribution is -0.143. The first-order chi connectivity index (χ1) is 16.8. The van der Waals surface area contributed by atoms with Crippen molar-refractivity contribution < 1.29 is 28.7 Å². The van der Waals surface area contributed by atoms with Gasteiger partial charge >= 0.3 is 12.1 Å². The minimum absolute atomic E-state index is 0.0114. The van der Waals surface area contributed by atoms with Crippen molar-refractivity contribution in [3.05, 3.63) is 35.4 Å². The average molecular weight is 502 g/mol. The summed E-state index contributed by atoms with van der Waals surface area (Å²) in [6, 6.07) is 7.19. The first kappa shape index (κ1) is 30.5. The van der Waals surface area contributed by atoms with E-state index in [-0.39, 0.29) is 25.5 Å². The van der Waals surface area contributed by atoms with Crippen molar-refractivity contribution in [2.45, 2.75) is 79.0 Å². The molecule has 0 bridgehead atoms. The molecule has 3 amide bonds. The predicted octanol–water partition coefficient (Wildman–Crippen LogP) is 3.46. The molecule has 0 aromatic heterocycles. The second-order valence-corrected chi connectivity index (χ2v) is 9.51. The van der Waals surface area contributed by atoms with Crippen molar-refractivity contribution in [2.75, 3.05) is 13.2 Å². The number of alkyl carbamates (subject to hydrolysis) is 1. The number of carbonyl (C=O) groups excluding carboxylic acids is 4. The van der Waals surface area contributed by atoms with E-state index >= 15 is 0 Å². The van der Waals surface area contributed by atoms with Crippen molar-refractivity contribution in [1.29, 1.82) is 0 Å². The lowest BCUT2D eigenvalue weighted by Crippen LogP contribution is -2.54. The largest absolute Gasteiger partial charge is 0.466 e. The summed E-state index contributed by atoms with van der Waals surface area (Å²) in [6.45, 7) is 12.6. The van der Waals surface area contributed by atoms with Crippen molar-refractivity contribution in [1.82, 2.24) is 15.5 Å². The SMILES string of the molecule is C#CN(C(=O)C(NC(=O)OC(C)(C)C)C(C)CC)C(C(=O)NCCC(=O)OCC)c1cccc(C)c1. The maximum Gasteiger partial charge on any atom is 0.408 e. The molecule has 3 atom stereocenters. The lowest BCUT2D eigenvalue weighted by Gasteiger charge is -2.32. The topological polar surface area (TPSA) is 114 Å². The van der Waals surface area contributed by atoms with Crippen molar-refractivity contribution in [2.24, 2.45) is 5.92 Å². The van der Waals surface area contributed by atoms with Crippen molar-refractivity contribution in [3.8, 4) is 12.5 Å². The van der Waals surface area contributed by atoms with E-state index in [0.717, 1.165) is 10.5 Å². The van der Waals surface area contributed by atoms with Gasteiger partial charge in [0.05, 0.1) is 13.0 Å². The third-order valence-corrected chi connectivity index (χ3v) is 5.33. The Hall–Kier alpha value is -3.54. The van der Waals surface area contributed by atoms with Gasteiger partial charge in [-0.15, -0.1) is 0 Å². The Kier molecular flexibility index (Phi) is 12.0. The molecule has 0 saturated heterocycles. The van der Waals surface area contributed by atoms with Crippen LogP contribution in [-0.4, -0.2) is 53.6 Å². The van der Waals surface area contributed by atoms with Gasteiger partial charge in [0.1, 0.15) is 17.7 Å². The van der Waals surface area contributed by atoms with Gasteiger partial charge in [0.15, 0.2) is 0 Å². The molecule has 1 aromatic carbocycles. The molecule has 36 heavy (non-hydrogen) atoms. The number of hydrogen-bond donors (Lipinski definition) is 2. The molecule has 9 heteroatoms. The Morgan fingerprint density at radius 3 is 2.36 bits per heavy atom. The summed E-state index contributed by atoms with van der Waals surface area (Å²) >= 11 is 0. The summed E-state index contributed by atoms with van der Waals surface area (Å²) in [5.41, 5.74) is 0.601. The molecule has 198 valence electrons. The number of terminal acetylenes is 1. The number of carbonyl (C=O) groups is 4. The number of benzene rings is 1. The molecule has 2 N–H and O–H groups in total. The van der Waals surface area contributed by atoms with Crippen LogP contribution in [0.1, 0.15) is 71.6 Å². The van der Waals surface area contributed by atoms with E-state index in [2.05, 4.69) is 16.7 Å². The van der Waals surface area contributed by atoms with Crippen LogP contribution in [0.5, 0.6) is 0 Å². The number of hydrogen-bond acceptors (Lipinski definition) is 6. The summed E-state index contributed by atoms with van der Waals surface area (Å²) in [4.78, 5) is 52.2. The van der Waals surface area contributed by atoms with E-state index in [1.807, 2.05) is 19.9 Å². The van der Waals surface area contributed by atoms with Gasteiger partial charge in [0.2, 0.25) is 5.91 Å². The zero-order valence-electron chi connectivity index (χ0n) is 22.3. The highest BCUT2D eigenvalue weighted by atomic mass is 16.6. The lowest BCUT2D eigenvalue weighted by atomic mass is 9.95.